The third kappa shape index (κ3) is 4.99. The molecule has 3 rings (SSSR count). The van der Waals surface area contributed by atoms with Crippen LogP contribution in [0.4, 0.5) is 17.6 Å². The van der Waals surface area contributed by atoms with Gasteiger partial charge in [0.25, 0.3) is 6.43 Å². The molecule has 2 aliphatic heterocycles. The molecule has 0 saturated heterocycles. The molecule has 0 saturated carbocycles. The summed E-state index contributed by atoms with van der Waals surface area (Å²) < 4.78 is 57.5. The summed E-state index contributed by atoms with van der Waals surface area (Å²) >= 11 is 0. The third-order valence-electron chi connectivity index (χ3n) is 4.65. The van der Waals surface area contributed by atoms with Gasteiger partial charge in [-0.2, -0.15) is 0 Å². The molecule has 1 amide bonds. The van der Waals surface area contributed by atoms with Crippen LogP contribution in [-0.2, 0) is 16.1 Å². The predicted molar refractivity (Wildman–Crippen MR) is 103 cm³/mol. The van der Waals surface area contributed by atoms with Gasteiger partial charge in [0, 0.05) is 19.3 Å². The first-order valence-electron chi connectivity index (χ1n) is 9.38. The maximum absolute atomic E-state index is 13.8. The number of rotatable bonds is 9. The van der Waals surface area contributed by atoms with E-state index in [4.69, 9.17) is 4.74 Å². The van der Waals surface area contributed by atoms with Crippen LogP contribution in [0, 0.1) is 11.6 Å². The van der Waals surface area contributed by atoms with Crippen molar-refractivity contribution in [3.05, 3.63) is 59.5 Å². The zero-order valence-electron chi connectivity index (χ0n) is 16.3. The van der Waals surface area contributed by atoms with E-state index >= 15 is 0 Å². The first kappa shape index (κ1) is 21.8. The monoisotopic (exact) mass is 426 g/mol. The van der Waals surface area contributed by atoms with Crippen LogP contribution < -0.4 is 10.6 Å². The minimum Gasteiger partial charge on any atom is -0.485 e. The number of halogens is 4. The Kier molecular flexibility index (Phi) is 6.76. The number of carbonyl (C=O) groups excluding carboxylic acids is 1. The van der Waals surface area contributed by atoms with E-state index in [9.17, 15) is 22.4 Å². The van der Waals surface area contributed by atoms with Gasteiger partial charge in [0.05, 0.1) is 18.7 Å². The molecule has 30 heavy (non-hydrogen) atoms. The van der Waals surface area contributed by atoms with Gasteiger partial charge in [0.2, 0.25) is 5.91 Å². The SMILES string of the molecule is CC1(C(=O)NCCNCC(F)F)CN2C=CC=C(OCc3c(F)cccc3F)C2=N1. The molecule has 162 valence electrons. The van der Waals surface area contributed by atoms with E-state index in [0.29, 0.717) is 5.84 Å². The molecule has 0 fully saturated rings. The van der Waals surface area contributed by atoms with Crippen LogP contribution in [0.2, 0.25) is 0 Å². The topological polar surface area (TPSA) is 66.0 Å². The molecule has 1 unspecified atom stereocenters. The summed E-state index contributed by atoms with van der Waals surface area (Å²) in [6.45, 7) is 1.49. The van der Waals surface area contributed by atoms with Gasteiger partial charge in [-0.1, -0.05) is 6.07 Å². The van der Waals surface area contributed by atoms with Crippen molar-refractivity contribution in [1.29, 1.82) is 0 Å². The number of hydrogen-bond donors (Lipinski definition) is 2. The standard InChI is InChI=1S/C20H22F4N4O2/c1-20(19(29)26-8-7-25-10-17(23)24)12-28-9-3-6-16(18(28)27-20)30-11-13-14(21)4-2-5-15(13)22/h2-6,9,17,25H,7-8,10-12H2,1H3,(H,26,29). The normalized spacial score (nSPS) is 20.1. The first-order valence-corrected chi connectivity index (χ1v) is 9.38. The van der Waals surface area contributed by atoms with Crippen LogP contribution >= 0.6 is 0 Å². The highest BCUT2D eigenvalue weighted by atomic mass is 19.3. The summed E-state index contributed by atoms with van der Waals surface area (Å²) in [6, 6.07) is 3.56. The maximum atomic E-state index is 13.8. The van der Waals surface area contributed by atoms with Gasteiger partial charge in [-0.05, 0) is 31.2 Å². The highest BCUT2D eigenvalue weighted by molar-refractivity contribution is 6.03. The zero-order chi connectivity index (χ0) is 21.7. The molecule has 0 spiro atoms. The number of allylic oxidation sites excluding steroid dienone is 2. The molecule has 2 heterocycles. The van der Waals surface area contributed by atoms with Crippen molar-refractivity contribution >= 4 is 11.7 Å². The van der Waals surface area contributed by atoms with Crippen LogP contribution in [0.25, 0.3) is 0 Å². The van der Waals surface area contributed by atoms with Gasteiger partial charge in [-0.15, -0.1) is 0 Å². The van der Waals surface area contributed by atoms with E-state index in [2.05, 4.69) is 15.6 Å². The molecule has 0 bridgehead atoms. The van der Waals surface area contributed by atoms with Crippen molar-refractivity contribution in [2.45, 2.75) is 25.5 Å². The number of nitrogens with zero attached hydrogens (tertiary/aromatic N) is 2. The fourth-order valence-electron chi connectivity index (χ4n) is 3.09. The molecule has 6 nitrogen and oxygen atoms in total. The maximum Gasteiger partial charge on any atom is 0.250 e. The van der Waals surface area contributed by atoms with Crippen molar-refractivity contribution in [3.8, 4) is 0 Å². The number of amides is 1. The minimum atomic E-state index is -2.45. The Hall–Kier alpha value is -2.88. The Morgan fingerprint density at radius 3 is 2.73 bits per heavy atom. The number of carbonyl (C=O) groups is 1. The van der Waals surface area contributed by atoms with Crippen LogP contribution in [0.15, 0.2) is 47.3 Å². The molecule has 2 N–H and O–H groups in total. The van der Waals surface area contributed by atoms with Crippen LogP contribution in [0.5, 0.6) is 0 Å². The fraction of sp³-hybridized carbons (Fsp3) is 0.400. The number of benzene rings is 1. The number of aliphatic imine (C=N–C) groups is 1. The van der Waals surface area contributed by atoms with Crippen molar-refractivity contribution in [1.82, 2.24) is 15.5 Å². The molecule has 10 heteroatoms. The van der Waals surface area contributed by atoms with E-state index in [1.165, 1.54) is 6.07 Å². The Balaban J connectivity index is 1.62. The molecule has 0 aromatic heterocycles. The van der Waals surface area contributed by atoms with Crippen molar-refractivity contribution in [3.63, 3.8) is 0 Å². The highest BCUT2D eigenvalue weighted by Gasteiger charge is 2.42. The molecule has 1 aromatic rings. The van der Waals surface area contributed by atoms with Gasteiger partial charge >= 0.3 is 0 Å². The van der Waals surface area contributed by atoms with Crippen LogP contribution in [0.3, 0.4) is 0 Å². The van der Waals surface area contributed by atoms with Gasteiger partial charge in [0.1, 0.15) is 18.2 Å². The minimum absolute atomic E-state index is 0.174. The van der Waals surface area contributed by atoms with Crippen LogP contribution in [-0.4, -0.2) is 54.8 Å². The lowest BCUT2D eigenvalue weighted by molar-refractivity contribution is -0.125. The predicted octanol–water partition coefficient (Wildman–Crippen LogP) is 2.34. The number of hydrogen-bond acceptors (Lipinski definition) is 5. The lowest BCUT2D eigenvalue weighted by Gasteiger charge is -2.23. The van der Waals surface area contributed by atoms with E-state index in [1.807, 2.05) is 0 Å². The van der Waals surface area contributed by atoms with Crippen molar-refractivity contribution in [2.24, 2.45) is 4.99 Å². The molecular weight excluding hydrogens is 404 g/mol. The van der Waals surface area contributed by atoms with Crippen molar-refractivity contribution < 1.29 is 27.1 Å². The second kappa shape index (κ2) is 9.29. The van der Waals surface area contributed by atoms with E-state index < -0.39 is 30.1 Å². The lowest BCUT2D eigenvalue weighted by Crippen LogP contribution is -2.47. The Bertz CT molecular complexity index is 867. The Morgan fingerprint density at radius 1 is 1.30 bits per heavy atom. The number of alkyl halides is 2. The Morgan fingerprint density at radius 2 is 2.03 bits per heavy atom. The number of amidine groups is 1. The summed E-state index contributed by atoms with van der Waals surface area (Å²) in [5.41, 5.74) is -1.33. The van der Waals surface area contributed by atoms with Crippen LogP contribution in [0.1, 0.15) is 12.5 Å². The lowest BCUT2D eigenvalue weighted by atomic mass is 10.0. The summed E-state index contributed by atoms with van der Waals surface area (Å²) in [5.74, 6) is -1.12. The average molecular weight is 426 g/mol. The largest absolute Gasteiger partial charge is 0.485 e. The quantitative estimate of drug-likeness (QED) is 0.470. The van der Waals surface area contributed by atoms with E-state index in [-0.39, 0.29) is 43.5 Å². The summed E-state index contributed by atoms with van der Waals surface area (Å²) in [5, 5.41) is 5.20. The first-order chi connectivity index (χ1) is 14.3. The van der Waals surface area contributed by atoms with Gasteiger partial charge in [-0.3, -0.25) is 4.79 Å². The smallest absolute Gasteiger partial charge is 0.250 e. The zero-order valence-corrected chi connectivity index (χ0v) is 16.3. The van der Waals surface area contributed by atoms with E-state index in [0.717, 1.165) is 12.1 Å². The summed E-state index contributed by atoms with van der Waals surface area (Å²) in [4.78, 5) is 18.8. The molecule has 1 atom stereocenters. The summed E-state index contributed by atoms with van der Waals surface area (Å²) in [7, 11) is 0. The van der Waals surface area contributed by atoms with Gasteiger partial charge in [0.15, 0.2) is 17.1 Å². The summed E-state index contributed by atoms with van der Waals surface area (Å²) in [6.07, 6.45) is 2.55. The number of fused-ring (bicyclic) bond motifs is 1. The third-order valence-corrected chi connectivity index (χ3v) is 4.65. The highest BCUT2D eigenvalue weighted by Crippen LogP contribution is 2.28. The second-order valence-electron chi connectivity index (χ2n) is 7.05. The number of ether oxygens (including phenoxy) is 1. The molecular formula is C20H22F4N4O2. The molecule has 2 aliphatic rings. The molecule has 0 radical (unpaired) electrons. The Labute approximate surface area is 171 Å². The second-order valence-corrected chi connectivity index (χ2v) is 7.05. The fourth-order valence-corrected chi connectivity index (χ4v) is 3.09. The molecule has 1 aromatic carbocycles. The average Bonchev–Trinajstić information content (AvgIpc) is 3.05. The van der Waals surface area contributed by atoms with Gasteiger partial charge in [-0.25, -0.2) is 22.6 Å². The van der Waals surface area contributed by atoms with Crippen molar-refractivity contribution in [2.75, 3.05) is 26.2 Å². The van der Waals surface area contributed by atoms with E-state index in [1.54, 1.807) is 30.2 Å². The number of nitrogens with one attached hydrogen (secondary N) is 2. The van der Waals surface area contributed by atoms with Gasteiger partial charge < -0.3 is 20.3 Å². The molecule has 0 aliphatic carbocycles.